The fraction of sp³-hybridized carbons (Fsp3) is 1.00. The van der Waals surface area contributed by atoms with E-state index in [1.54, 1.807) is 0 Å². The van der Waals surface area contributed by atoms with E-state index >= 15 is 0 Å². The van der Waals surface area contributed by atoms with E-state index in [1.165, 1.54) is 63.5 Å². The first kappa shape index (κ1) is 15.5. The fourth-order valence-electron chi connectivity index (χ4n) is 3.85. The molecule has 2 fully saturated rings. The molecule has 0 atom stereocenters. The Bertz CT molecular complexity index is 241. The van der Waals surface area contributed by atoms with Gasteiger partial charge in [0.15, 0.2) is 0 Å². The molecule has 2 aliphatic rings. The van der Waals surface area contributed by atoms with Crippen LogP contribution in [0.3, 0.4) is 0 Å². The Hall–Kier alpha value is 0.137. The van der Waals surface area contributed by atoms with Crippen molar-refractivity contribution in [1.29, 1.82) is 0 Å². The van der Waals surface area contributed by atoms with E-state index in [0.29, 0.717) is 0 Å². The third kappa shape index (κ3) is 4.57. The average Bonchev–Trinajstić information content (AvgIpc) is 2.36. The lowest BCUT2D eigenvalue weighted by Gasteiger charge is -2.39. The molecular weight excluding hydrogens is 252 g/mol. The highest BCUT2D eigenvalue weighted by Crippen LogP contribution is 2.40. The van der Waals surface area contributed by atoms with Gasteiger partial charge in [-0.2, -0.15) is 0 Å². The molecule has 2 nitrogen and oxygen atoms in total. The van der Waals surface area contributed by atoms with Gasteiger partial charge in [-0.15, -0.1) is 0 Å². The smallest absolute Gasteiger partial charge is 0.338 e. The molecule has 2 rings (SSSR count). The van der Waals surface area contributed by atoms with E-state index in [4.69, 9.17) is 8.85 Å². The van der Waals surface area contributed by atoms with Gasteiger partial charge in [0.25, 0.3) is 0 Å². The lowest BCUT2D eigenvalue weighted by atomic mass is 9.87. The summed E-state index contributed by atoms with van der Waals surface area (Å²) < 4.78 is 12.6. The predicted octanol–water partition coefficient (Wildman–Crippen LogP) is 4.88. The predicted molar refractivity (Wildman–Crippen MR) is 82.5 cm³/mol. The molecule has 0 aromatic carbocycles. The SMILES string of the molecule is CCO[Si](CC1CCCCC1)(CC1CCC1)OCC. The van der Waals surface area contributed by atoms with E-state index in [2.05, 4.69) is 13.8 Å². The quantitative estimate of drug-likeness (QED) is 0.591. The molecule has 0 aromatic rings. The standard InChI is InChI=1S/C16H32O2Si/c1-3-17-19(18-4-2,14-16-11-8-12-16)13-15-9-6-5-7-10-15/h15-16H,3-14H2,1-2H3. The Morgan fingerprint density at radius 1 is 0.737 bits per heavy atom. The zero-order valence-electron chi connectivity index (χ0n) is 13.0. The molecule has 0 unspecified atom stereocenters. The molecule has 19 heavy (non-hydrogen) atoms. The van der Waals surface area contributed by atoms with Crippen LogP contribution in [0.1, 0.15) is 65.2 Å². The first-order valence-electron chi connectivity index (χ1n) is 8.56. The monoisotopic (exact) mass is 284 g/mol. The lowest BCUT2D eigenvalue weighted by molar-refractivity contribution is 0.159. The lowest BCUT2D eigenvalue weighted by Crippen LogP contribution is -2.46. The minimum Gasteiger partial charge on any atom is -0.394 e. The minimum absolute atomic E-state index is 0.839. The van der Waals surface area contributed by atoms with Crippen molar-refractivity contribution in [3.8, 4) is 0 Å². The largest absolute Gasteiger partial charge is 0.394 e. The molecule has 0 N–H and O–H groups in total. The normalized spacial score (nSPS) is 22.4. The molecule has 0 bridgehead atoms. The molecule has 0 heterocycles. The van der Waals surface area contributed by atoms with Crippen molar-refractivity contribution in [2.45, 2.75) is 77.3 Å². The van der Waals surface area contributed by atoms with Crippen LogP contribution in [-0.4, -0.2) is 21.8 Å². The summed E-state index contributed by atoms with van der Waals surface area (Å²) in [7, 11) is -1.92. The molecule has 2 aliphatic carbocycles. The van der Waals surface area contributed by atoms with Crippen LogP contribution < -0.4 is 0 Å². The van der Waals surface area contributed by atoms with Crippen molar-refractivity contribution in [2.24, 2.45) is 11.8 Å². The molecule has 0 radical (unpaired) electrons. The maximum Gasteiger partial charge on any atom is 0.338 e. The van der Waals surface area contributed by atoms with Crippen LogP contribution in [0.2, 0.25) is 12.1 Å². The van der Waals surface area contributed by atoms with Crippen molar-refractivity contribution in [3.05, 3.63) is 0 Å². The maximum atomic E-state index is 6.30. The minimum atomic E-state index is -1.92. The highest BCUT2D eigenvalue weighted by molar-refractivity contribution is 6.67. The summed E-state index contributed by atoms with van der Waals surface area (Å²) in [6.07, 6.45) is 11.4. The summed E-state index contributed by atoms with van der Waals surface area (Å²) in [5.74, 6) is 1.80. The van der Waals surface area contributed by atoms with Crippen LogP contribution in [0.25, 0.3) is 0 Å². The van der Waals surface area contributed by atoms with E-state index in [9.17, 15) is 0 Å². The van der Waals surface area contributed by atoms with Crippen molar-refractivity contribution >= 4 is 8.56 Å². The fourth-order valence-corrected chi connectivity index (χ4v) is 8.20. The summed E-state index contributed by atoms with van der Waals surface area (Å²) in [5, 5.41) is 0. The van der Waals surface area contributed by atoms with E-state index < -0.39 is 8.56 Å². The van der Waals surface area contributed by atoms with Crippen molar-refractivity contribution in [1.82, 2.24) is 0 Å². The number of hydrogen-bond acceptors (Lipinski definition) is 2. The molecule has 2 saturated carbocycles. The second-order valence-electron chi connectivity index (χ2n) is 6.49. The number of hydrogen-bond donors (Lipinski definition) is 0. The van der Waals surface area contributed by atoms with Gasteiger partial charge < -0.3 is 8.85 Å². The number of rotatable bonds is 8. The molecular formula is C16H32O2Si. The van der Waals surface area contributed by atoms with Crippen molar-refractivity contribution < 1.29 is 8.85 Å². The molecule has 3 heteroatoms. The maximum absolute atomic E-state index is 6.30. The van der Waals surface area contributed by atoms with Gasteiger partial charge in [-0.25, -0.2) is 0 Å². The van der Waals surface area contributed by atoms with Gasteiger partial charge in [-0.1, -0.05) is 51.4 Å². The first-order valence-corrected chi connectivity index (χ1v) is 10.8. The van der Waals surface area contributed by atoms with Gasteiger partial charge in [-0.05, 0) is 37.8 Å². The second kappa shape index (κ2) is 7.80. The second-order valence-corrected chi connectivity index (χ2v) is 9.70. The van der Waals surface area contributed by atoms with Crippen LogP contribution in [0.4, 0.5) is 0 Å². The summed E-state index contributed by atoms with van der Waals surface area (Å²) >= 11 is 0. The first-order chi connectivity index (χ1) is 9.28. The summed E-state index contributed by atoms with van der Waals surface area (Å²) in [6.45, 7) is 5.96. The summed E-state index contributed by atoms with van der Waals surface area (Å²) in [5.41, 5.74) is 0. The van der Waals surface area contributed by atoms with Gasteiger partial charge in [0.05, 0.1) is 0 Å². The highest BCUT2D eigenvalue weighted by Gasteiger charge is 2.42. The van der Waals surface area contributed by atoms with Gasteiger partial charge >= 0.3 is 8.56 Å². The van der Waals surface area contributed by atoms with Crippen molar-refractivity contribution in [2.75, 3.05) is 13.2 Å². The molecule has 0 spiro atoms. The average molecular weight is 285 g/mol. The molecule has 0 saturated heterocycles. The Kier molecular flexibility index (Phi) is 6.37. The molecule has 112 valence electrons. The van der Waals surface area contributed by atoms with Crippen LogP contribution in [0.5, 0.6) is 0 Å². The summed E-state index contributed by atoms with van der Waals surface area (Å²) in [6, 6.07) is 2.54. The Balaban J connectivity index is 1.95. The third-order valence-corrected chi connectivity index (χ3v) is 8.99. The van der Waals surface area contributed by atoms with Crippen molar-refractivity contribution in [3.63, 3.8) is 0 Å². The van der Waals surface area contributed by atoms with Gasteiger partial charge in [-0.3, -0.25) is 0 Å². The van der Waals surface area contributed by atoms with Gasteiger partial charge in [0.1, 0.15) is 0 Å². The van der Waals surface area contributed by atoms with Crippen LogP contribution >= 0.6 is 0 Å². The Labute approximate surface area is 120 Å². The zero-order chi connectivity index (χ0) is 13.6. The summed E-state index contributed by atoms with van der Waals surface area (Å²) in [4.78, 5) is 0. The van der Waals surface area contributed by atoms with E-state index in [0.717, 1.165) is 25.0 Å². The zero-order valence-corrected chi connectivity index (χ0v) is 14.0. The molecule has 0 aliphatic heterocycles. The molecule has 0 aromatic heterocycles. The van der Waals surface area contributed by atoms with Gasteiger partial charge in [0.2, 0.25) is 0 Å². The van der Waals surface area contributed by atoms with Gasteiger partial charge in [0, 0.05) is 13.2 Å². The topological polar surface area (TPSA) is 18.5 Å². The van der Waals surface area contributed by atoms with Crippen LogP contribution in [0, 0.1) is 11.8 Å². The third-order valence-electron chi connectivity index (χ3n) is 4.96. The Morgan fingerprint density at radius 3 is 1.58 bits per heavy atom. The van der Waals surface area contributed by atoms with Crippen LogP contribution in [0.15, 0.2) is 0 Å². The van der Waals surface area contributed by atoms with E-state index in [1.807, 2.05) is 0 Å². The molecule has 0 amide bonds. The van der Waals surface area contributed by atoms with E-state index in [-0.39, 0.29) is 0 Å². The Morgan fingerprint density at radius 2 is 1.21 bits per heavy atom. The highest BCUT2D eigenvalue weighted by atomic mass is 28.4. The van der Waals surface area contributed by atoms with Crippen LogP contribution in [-0.2, 0) is 8.85 Å².